The van der Waals surface area contributed by atoms with Gasteiger partial charge in [-0.15, -0.1) is 5.10 Å². The topological polar surface area (TPSA) is 110 Å². The summed E-state index contributed by atoms with van der Waals surface area (Å²) >= 11 is 0. The highest BCUT2D eigenvalue weighted by Crippen LogP contribution is 2.31. The fraction of sp³-hybridized carbons (Fsp3) is 0.292. The molecule has 0 fully saturated rings. The van der Waals surface area contributed by atoms with E-state index in [0.29, 0.717) is 40.2 Å². The SMILES string of the molecule is CCCCOC(=O)Cn1nnc(-c2ccc(C(=O)OC)cc2)c1-c1ccc(C(=O)OC)cc1. The van der Waals surface area contributed by atoms with E-state index >= 15 is 0 Å². The molecule has 0 aliphatic carbocycles. The molecule has 0 atom stereocenters. The van der Waals surface area contributed by atoms with E-state index < -0.39 is 17.9 Å². The zero-order chi connectivity index (χ0) is 23.8. The van der Waals surface area contributed by atoms with Gasteiger partial charge in [0.15, 0.2) is 0 Å². The van der Waals surface area contributed by atoms with Gasteiger partial charge in [0.25, 0.3) is 0 Å². The summed E-state index contributed by atoms with van der Waals surface area (Å²) in [4.78, 5) is 35.9. The molecular weight excluding hydrogens is 426 g/mol. The predicted octanol–water partition coefficient (Wildman–Crippen LogP) is 3.53. The second-order valence-corrected chi connectivity index (χ2v) is 7.16. The summed E-state index contributed by atoms with van der Waals surface area (Å²) in [6, 6.07) is 13.4. The number of ether oxygens (including phenoxy) is 3. The lowest BCUT2D eigenvalue weighted by Crippen LogP contribution is -2.16. The molecule has 9 nitrogen and oxygen atoms in total. The van der Waals surface area contributed by atoms with Gasteiger partial charge < -0.3 is 14.2 Å². The van der Waals surface area contributed by atoms with E-state index in [-0.39, 0.29) is 6.54 Å². The van der Waals surface area contributed by atoms with Crippen molar-refractivity contribution in [3.05, 3.63) is 59.7 Å². The molecule has 0 saturated heterocycles. The largest absolute Gasteiger partial charge is 0.465 e. The Labute approximate surface area is 191 Å². The average Bonchev–Trinajstić information content (AvgIpc) is 3.26. The standard InChI is InChI=1S/C24H25N3O6/c1-4-5-14-33-20(28)15-27-22(17-8-12-19(13-9-17)24(30)32-3)21(25-26-27)16-6-10-18(11-7-16)23(29)31-2/h6-13H,4-5,14-15H2,1-3H3. The molecule has 2 aromatic carbocycles. The number of carbonyl (C=O) groups excluding carboxylic acids is 3. The van der Waals surface area contributed by atoms with Crippen molar-refractivity contribution in [3.8, 4) is 22.5 Å². The number of hydrogen-bond acceptors (Lipinski definition) is 8. The molecule has 33 heavy (non-hydrogen) atoms. The molecule has 1 aromatic heterocycles. The number of carbonyl (C=O) groups is 3. The number of unbranched alkanes of at least 4 members (excludes halogenated alkanes) is 1. The summed E-state index contributed by atoms with van der Waals surface area (Å²) in [5.41, 5.74) is 3.27. The lowest BCUT2D eigenvalue weighted by atomic mass is 10.0. The number of esters is 3. The lowest BCUT2D eigenvalue weighted by Gasteiger charge is -2.10. The number of hydrogen-bond donors (Lipinski definition) is 0. The Bertz CT molecular complexity index is 1120. The number of rotatable bonds is 9. The average molecular weight is 451 g/mol. The molecular formula is C24H25N3O6. The van der Waals surface area contributed by atoms with E-state index in [1.165, 1.54) is 18.9 Å². The minimum absolute atomic E-state index is 0.120. The summed E-state index contributed by atoms with van der Waals surface area (Å²) < 4.78 is 16.2. The Morgan fingerprint density at radius 1 is 0.848 bits per heavy atom. The first-order chi connectivity index (χ1) is 16.0. The maximum atomic E-state index is 12.3. The monoisotopic (exact) mass is 451 g/mol. The van der Waals surface area contributed by atoms with Crippen LogP contribution in [0.2, 0.25) is 0 Å². The molecule has 9 heteroatoms. The number of benzene rings is 2. The van der Waals surface area contributed by atoms with E-state index in [1.807, 2.05) is 6.92 Å². The second kappa shape index (κ2) is 11.0. The Morgan fingerprint density at radius 3 is 1.91 bits per heavy atom. The quantitative estimate of drug-likeness (QED) is 0.276. The minimum Gasteiger partial charge on any atom is -0.465 e. The molecule has 0 N–H and O–H groups in total. The first kappa shape index (κ1) is 23.6. The molecule has 3 aromatic rings. The minimum atomic E-state index is -0.452. The molecule has 1 heterocycles. The van der Waals surface area contributed by atoms with E-state index in [9.17, 15) is 14.4 Å². The zero-order valence-corrected chi connectivity index (χ0v) is 18.7. The smallest absolute Gasteiger partial charge is 0.337 e. The number of aromatic nitrogens is 3. The molecule has 0 saturated carbocycles. The van der Waals surface area contributed by atoms with E-state index in [4.69, 9.17) is 14.2 Å². The Hall–Kier alpha value is -4.01. The van der Waals surface area contributed by atoms with Crippen LogP contribution in [0.25, 0.3) is 22.5 Å². The first-order valence-corrected chi connectivity index (χ1v) is 10.4. The van der Waals surface area contributed by atoms with Gasteiger partial charge in [0.2, 0.25) is 0 Å². The molecule has 0 spiro atoms. The molecule has 3 rings (SSSR count). The highest BCUT2D eigenvalue weighted by molar-refractivity contribution is 5.91. The van der Waals surface area contributed by atoms with Gasteiger partial charge in [-0.25, -0.2) is 14.3 Å². The van der Waals surface area contributed by atoms with Crippen LogP contribution < -0.4 is 0 Å². The van der Waals surface area contributed by atoms with Crippen molar-refractivity contribution in [2.24, 2.45) is 0 Å². The highest BCUT2D eigenvalue weighted by Gasteiger charge is 2.20. The summed E-state index contributed by atoms with van der Waals surface area (Å²) in [7, 11) is 2.63. The molecule has 0 aliphatic rings. The summed E-state index contributed by atoms with van der Waals surface area (Å²) in [6.07, 6.45) is 1.70. The normalized spacial score (nSPS) is 10.5. The molecule has 0 radical (unpaired) electrons. The van der Waals surface area contributed by atoms with Gasteiger partial charge in [-0.3, -0.25) is 4.79 Å². The number of nitrogens with zero attached hydrogens (tertiary/aromatic N) is 3. The van der Waals surface area contributed by atoms with Gasteiger partial charge in [-0.2, -0.15) is 0 Å². The van der Waals surface area contributed by atoms with Gasteiger partial charge in [-0.1, -0.05) is 42.8 Å². The third-order valence-electron chi connectivity index (χ3n) is 4.93. The van der Waals surface area contributed by atoms with Crippen LogP contribution in [-0.4, -0.2) is 53.7 Å². The summed E-state index contributed by atoms with van der Waals surface area (Å²) in [5.74, 6) is -1.32. The Morgan fingerprint density at radius 2 is 1.39 bits per heavy atom. The predicted molar refractivity (Wildman–Crippen MR) is 119 cm³/mol. The van der Waals surface area contributed by atoms with Gasteiger partial charge in [0.1, 0.15) is 12.2 Å². The van der Waals surface area contributed by atoms with Gasteiger partial charge >= 0.3 is 17.9 Å². The van der Waals surface area contributed by atoms with E-state index in [2.05, 4.69) is 10.3 Å². The van der Waals surface area contributed by atoms with Crippen LogP contribution >= 0.6 is 0 Å². The van der Waals surface area contributed by atoms with Crippen molar-refractivity contribution < 1.29 is 28.6 Å². The van der Waals surface area contributed by atoms with Gasteiger partial charge in [0.05, 0.1) is 37.6 Å². The molecule has 0 amide bonds. The third-order valence-corrected chi connectivity index (χ3v) is 4.93. The highest BCUT2D eigenvalue weighted by atomic mass is 16.5. The lowest BCUT2D eigenvalue weighted by molar-refractivity contribution is -0.144. The van der Waals surface area contributed by atoms with E-state index in [0.717, 1.165) is 12.8 Å². The van der Waals surface area contributed by atoms with Crippen LogP contribution in [0.5, 0.6) is 0 Å². The van der Waals surface area contributed by atoms with Crippen LogP contribution in [0.4, 0.5) is 0 Å². The van der Waals surface area contributed by atoms with Crippen LogP contribution in [0.3, 0.4) is 0 Å². The van der Waals surface area contributed by atoms with Crippen molar-refractivity contribution >= 4 is 17.9 Å². The molecule has 0 bridgehead atoms. The van der Waals surface area contributed by atoms with Crippen molar-refractivity contribution in [1.82, 2.24) is 15.0 Å². The van der Waals surface area contributed by atoms with Crippen molar-refractivity contribution in [2.45, 2.75) is 26.3 Å². The van der Waals surface area contributed by atoms with Crippen molar-refractivity contribution in [1.29, 1.82) is 0 Å². The fourth-order valence-electron chi connectivity index (χ4n) is 3.17. The Balaban J connectivity index is 1.99. The number of methoxy groups -OCH3 is 2. The summed E-state index contributed by atoms with van der Waals surface area (Å²) in [6.45, 7) is 2.24. The second-order valence-electron chi connectivity index (χ2n) is 7.16. The molecule has 0 aliphatic heterocycles. The maximum absolute atomic E-state index is 12.3. The molecule has 0 unspecified atom stereocenters. The van der Waals surface area contributed by atoms with Crippen molar-refractivity contribution in [3.63, 3.8) is 0 Å². The van der Waals surface area contributed by atoms with Crippen molar-refractivity contribution in [2.75, 3.05) is 20.8 Å². The Kier molecular flexibility index (Phi) is 7.91. The van der Waals surface area contributed by atoms with Crippen LogP contribution in [-0.2, 0) is 25.5 Å². The first-order valence-electron chi connectivity index (χ1n) is 10.4. The fourth-order valence-corrected chi connectivity index (χ4v) is 3.17. The zero-order valence-electron chi connectivity index (χ0n) is 18.7. The van der Waals surface area contributed by atoms with Crippen LogP contribution in [0, 0.1) is 0 Å². The van der Waals surface area contributed by atoms with Gasteiger partial charge in [-0.05, 0) is 30.7 Å². The van der Waals surface area contributed by atoms with Crippen LogP contribution in [0.1, 0.15) is 40.5 Å². The maximum Gasteiger partial charge on any atom is 0.337 e. The summed E-state index contributed by atoms with van der Waals surface area (Å²) in [5, 5.41) is 8.45. The van der Waals surface area contributed by atoms with Crippen LogP contribution in [0.15, 0.2) is 48.5 Å². The third kappa shape index (κ3) is 5.62. The molecule has 172 valence electrons. The van der Waals surface area contributed by atoms with Gasteiger partial charge in [0, 0.05) is 11.1 Å². The van der Waals surface area contributed by atoms with E-state index in [1.54, 1.807) is 48.5 Å².